The van der Waals surface area contributed by atoms with Gasteiger partial charge in [-0.05, 0) is 154 Å². The molecule has 0 amide bonds. The quantitative estimate of drug-likeness (QED) is 0.112. The molecular weight excluding hydrogens is 966 g/mol. The van der Waals surface area contributed by atoms with Crippen LogP contribution in [0.5, 0.6) is 0 Å². The van der Waals surface area contributed by atoms with Crippen molar-refractivity contribution < 1.29 is 26.3 Å². The molecule has 4 aromatic carbocycles. The molecule has 64 heavy (non-hydrogen) atoms. The molecule has 0 saturated carbocycles. The van der Waals surface area contributed by atoms with E-state index in [0.29, 0.717) is 11.6 Å². The van der Waals surface area contributed by atoms with Crippen LogP contribution in [-0.2, 0) is 26.3 Å². The zero-order valence-electron chi connectivity index (χ0n) is 38.9. The van der Waals surface area contributed by atoms with Gasteiger partial charge in [-0.15, -0.1) is 0 Å². The van der Waals surface area contributed by atoms with Crippen molar-refractivity contribution in [3.8, 4) is 0 Å². The van der Waals surface area contributed by atoms with Gasteiger partial charge in [0.1, 0.15) is 0 Å². The van der Waals surface area contributed by atoms with Crippen LogP contribution in [0.4, 0.5) is 22.7 Å². The van der Waals surface area contributed by atoms with Gasteiger partial charge in [-0.3, -0.25) is 9.98 Å². The summed E-state index contributed by atoms with van der Waals surface area (Å²) >= 11 is 0.389. The van der Waals surface area contributed by atoms with Gasteiger partial charge in [0.05, 0.1) is 57.0 Å². The Hall–Kier alpha value is -4.08. The topological polar surface area (TPSA) is 101 Å². The van der Waals surface area contributed by atoms with Gasteiger partial charge >= 0.3 is 66.7 Å². The summed E-state index contributed by atoms with van der Waals surface area (Å²) < 4.78 is 0. The average molecular weight is 1020 g/mol. The number of benzene rings is 4. The summed E-state index contributed by atoms with van der Waals surface area (Å²) in [6, 6.07) is 28.8. The minimum absolute atomic E-state index is 0.194. The third-order valence-electron chi connectivity index (χ3n) is 9.97. The van der Waals surface area contributed by atoms with Crippen LogP contribution < -0.4 is 0 Å². The molecule has 0 spiro atoms. The van der Waals surface area contributed by atoms with Gasteiger partial charge in [0.2, 0.25) is 0 Å². The molecule has 339 valence electrons. The van der Waals surface area contributed by atoms with Crippen molar-refractivity contribution in [3.63, 3.8) is 0 Å². The Morgan fingerprint density at radius 1 is 0.406 bits per heavy atom. The van der Waals surface area contributed by atoms with Crippen LogP contribution in [0.25, 0.3) is 0 Å². The van der Waals surface area contributed by atoms with Crippen molar-refractivity contribution in [2.75, 3.05) is 0 Å². The Morgan fingerprint density at radius 3 is 0.828 bits per heavy atom. The maximum atomic E-state index is 4.87. The Balaban J connectivity index is 0.000000303. The summed E-state index contributed by atoms with van der Waals surface area (Å²) in [6.07, 6.45) is 0. The fraction of sp³-hybridized carbons (Fsp3) is 0.280. The molecule has 0 aliphatic carbocycles. The first kappa shape index (κ1) is 54.3. The molecular formula is C50H56Cl4Fe2N8+. The van der Waals surface area contributed by atoms with Crippen LogP contribution in [-0.4, -0.2) is 42.8 Å². The van der Waals surface area contributed by atoms with E-state index in [1.807, 2.05) is 65.8 Å². The van der Waals surface area contributed by atoms with E-state index in [-0.39, 0.29) is 26.3 Å². The monoisotopic (exact) mass is 1020 g/mol. The number of rotatable bonds is 8. The van der Waals surface area contributed by atoms with Crippen molar-refractivity contribution >= 4 is 86.0 Å². The van der Waals surface area contributed by atoms with Crippen molar-refractivity contribution in [1.29, 1.82) is 0 Å². The van der Waals surface area contributed by atoms with E-state index in [2.05, 4.69) is 126 Å². The van der Waals surface area contributed by atoms with Crippen LogP contribution >= 0.6 is 40.4 Å². The number of aliphatic imine (C=N–C) groups is 4. The molecule has 2 heterocycles. The molecule has 0 saturated heterocycles. The number of nitrogens with zero attached hydrogens (tertiary/aromatic N) is 8. The number of aryl methyl sites for hydroxylation is 10. The summed E-state index contributed by atoms with van der Waals surface area (Å²) in [6.45, 7) is 28.5. The molecule has 14 heteroatoms. The fourth-order valence-corrected chi connectivity index (χ4v) is 6.64. The summed E-state index contributed by atoms with van der Waals surface area (Å²) in [5.74, 6) is 1.28. The van der Waals surface area contributed by atoms with Crippen molar-refractivity contribution in [1.82, 2.24) is 19.9 Å². The molecule has 8 nitrogen and oxygen atoms in total. The summed E-state index contributed by atoms with van der Waals surface area (Å²) in [4.78, 5) is 38.2. The fourth-order valence-electron chi connectivity index (χ4n) is 6.64. The number of aromatic nitrogens is 4. The van der Waals surface area contributed by atoms with E-state index in [4.69, 9.17) is 70.3 Å². The number of hydrogen-bond acceptors (Lipinski definition) is 8. The van der Waals surface area contributed by atoms with Gasteiger partial charge in [0.15, 0.2) is 11.6 Å². The predicted octanol–water partition coefficient (Wildman–Crippen LogP) is 15.4. The van der Waals surface area contributed by atoms with Crippen molar-refractivity contribution in [3.05, 3.63) is 164 Å². The number of halogens is 4. The van der Waals surface area contributed by atoms with E-state index < -0.39 is 0 Å². The Kier molecular flexibility index (Phi) is 22.7. The molecule has 0 bridgehead atoms. The van der Waals surface area contributed by atoms with Gasteiger partial charge in [0.25, 0.3) is 0 Å². The van der Waals surface area contributed by atoms with Gasteiger partial charge in [0, 0.05) is 11.4 Å². The van der Waals surface area contributed by atoms with Gasteiger partial charge in [-0.1, -0.05) is 72.8 Å². The Morgan fingerprint density at radius 2 is 0.609 bits per heavy atom. The summed E-state index contributed by atoms with van der Waals surface area (Å²) in [5, 5.41) is 0. The SMILES string of the molecule is CC(=Nc1c(C)cccc1C)c1cc(C)nc(C(C)=Nc2c(C)cccc2C)n1.CC(=Nc1c(C)cccc1C)c1cc(C)nc(C(C)=Nc2c(C)cccc2C)n1.[Cl][Fe+][Cl].[Cl][Fe][Cl]. The van der Waals surface area contributed by atoms with E-state index in [1.54, 1.807) is 0 Å². The van der Waals surface area contributed by atoms with Crippen LogP contribution in [0, 0.1) is 69.2 Å². The second-order valence-electron chi connectivity index (χ2n) is 15.3. The third kappa shape index (κ3) is 16.1. The van der Waals surface area contributed by atoms with Crippen LogP contribution in [0.15, 0.2) is 105 Å². The van der Waals surface area contributed by atoms with Crippen LogP contribution in [0.3, 0.4) is 0 Å². The Bertz CT molecular complexity index is 2240. The van der Waals surface area contributed by atoms with Gasteiger partial charge in [-0.2, -0.15) is 0 Å². The molecule has 6 aromatic rings. The van der Waals surface area contributed by atoms with Gasteiger partial charge in [-0.25, -0.2) is 29.9 Å². The first-order valence-corrected chi connectivity index (χ1v) is 26.3. The van der Waals surface area contributed by atoms with E-state index in [0.717, 1.165) is 113 Å². The zero-order chi connectivity index (χ0) is 47.7. The van der Waals surface area contributed by atoms with Crippen LogP contribution in [0.2, 0.25) is 0 Å². The second-order valence-corrected chi connectivity index (χ2v) is 18.9. The molecule has 0 atom stereocenters. The van der Waals surface area contributed by atoms with Gasteiger partial charge < -0.3 is 0 Å². The normalized spacial score (nSPS) is 11.8. The third-order valence-corrected chi connectivity index (χ3v) is 9.97. The molecule has 0 aliphatic rings. The zero-order valence-corrected chi connectivity index (χ0v) is 44.1. The van der Waals surface area contributed by atoms with E-state index in [9.17, 15) is 0 Å². The molecule has 0 radical (unpaired) electrons. The summed E-state index contributed by atoms with van der Waals surface area (Å²) in [7, 11) is 19.1. The summed E-state index contributed by atoms with van der Waals surface area (Å²) in [5.41, 5.74) is 20.0. The Labute approximate surface area is 409 Å². The number of hydrogen-bond donors (Lipinski definition) is 0. The molecule has 2 aromatic heterocycles. The first-order valence-electron chi connectivity index (χ1n) is 20.2. The van der Waals surface area contributed by atoms with E-state index >= 15 is 0 Å². The minimum atomic E-state index is 0.194. The predicted molar refractivity (Wildman–Crippen MR) is 268 cm³/mol. The molecule has 0 N–H and O–H groups in total. The van der Waals surface area contributed by atoms with Crippen molar-refractivity contribution in [2.24, 2.45) is 20.0 Å². The molecule has 6 rings (SSSR count). The van der Waals surface area contributed by atoms with Crippen molar-refractivity contribution in [2.45, 2.75) is 96.9 Å². The standard InChI is InChI=1S/2C25H28N4.4ClH.2Fe/c2*1-15-10-8-11-16(2)23(15)27-20(6)22-14-19(5)26-25(29-22)21(7)28-24-17(3)12-9-13-18(24)4;;;;;;/h2*8-14H,1-7H3;4*1H;;/q;;;;;;+2;+3/p-4. The number of para-hydroxylation sites is 4. The molecule has 0 unspecified atom stereocenters. The molecule has 0 aliphatic heterocycles. The average Bonchev–Trinajstić information content (AvgIpc) is 3.23. The molecule has 0 fully saturated rings. The maximum absolute atomic E-state index is 4.87. The van der Waals surface area contributed by atoms with Crippen LogP contribution in [0.1, 0.15) is 107 Å². The second kappa shape index (κ2) is 26.8. The van der Waals surface area contributed by atoms with E-state index in [1.165, 1.54) is 0 Å². The first-order chi connectivity index (χ1) is 30.3.